The number of likely N-dealkylation sites (tertiary alicyclic amines) is 1. The van der Waals surface area contributed by atoms with Crippen LogP contribution in [0.5, 0.6) is 0 Å². The van der Waals surface area contributed by atoms with Crippen LogP contribution in [0.1, 0.15) is 24.8 Å². The molecule has 1 aromatic carbocycles. The lowest BCUT2D eigenvalue weighted by Crippen LogP contribution is -2.37. The van der Waals surface area contributed by atoms with Crippen LogP contribution in [0.4, 0.5) is 0 Å². The van der Waals surface area contributed by atoms with Crippen LogP contribution in [-0.4, -0.2) is 37.6 Å². The second-order valence-corrected chi connectivity index (χ2v) is 13.2. The normalized spacial score (nSPS) is 21.7. The molecule has 1 saturated heterocycles. The highest BCUT2D eigenvalue weighted by Gasteiger charge is 2.18. The zero-order chi connectivity index (χ0) is 14.6. The lowest BCUT2D eigenvalue weighted by Gasteiger charge is -2.21. The van der Waals surface area contributed by atoms with Crippen LogP contribution in [0.25, 0.3) is 0 Å². The maximum atomic E-state index is 2.64. The van der Waals surface area contributed by atoms with Crippen molar-refractivity contribution in [3.05, 3.63) is 29.8 Å². The standard InChI is InChI=1S/C17H29NSSi/c1-19-16-6-5-12-18(13-11-16)14-15-7-9-17(10-8-15)20(2,3)4/h7-10,16H,5-6,11-14H2,1-4H3. The molecule has 1 unspecified atom stereocenters. The van der Waals surface area contributed by atoms with Crippen LogP contribution in [0.3, 0.4) is 0 Å². The second kappa shape index (κ2) is 7.14. The molecule has 1 nitrogen and oxygen atoms in total. The van der Waals surface area contributed by atoms with Crippen molar-refractivity contribution in [3.8, 4) is 0 Å². The highest BCUT2D eigenvalue weighted by atomic mass is 32.2. The van der Waals surface area contributed by atoms with Gasteiger partial charge in [0.05, 0.1) is 8.07 Å². The predicted octanol–water partition coefficient (Wildman–Crippen LogP) is 3.95. The number of hydrogen-bond donors (Lipinski definition) is 0. The lowest BCUT2D eigenvalue weighted by molar-refractivity contribution is 0.277. The van der Waals surface area contributed by atoms with E-state index >= 15 is 0 Å². The van der Waals surface area contributed by atoms with Crippen LogP contribution >= 0.6 is 11.8 Å². The minimum absolute atomic E-state index is 0.884. The molecular weight excluding hydrogens is 278 g/mol. The van der Waals surface area contributed by atoms with Crippen molar-refractivity contribution in [2.45, 2.75) is 50.7 Å². The summed E-state index contributed by atoms with van der Waals surface area (Å²) in [6.45, 7) is 10.9. The molecule has 0 saturated carbocycles. The molecule has 0 radical (unpaired) electrons. The van der Waals surface area contributed by atoms with Gasteiger partial charge >= 0.3 is 0 Å². The average molecular weight is 308 g/mol. The van der Waals surface area contributed by atoms with E-state index in [0.29, 0.717) is 0 Å². The van der Waals surface area contributed by atoms with Crippen molar-refractivity contribution < 1.29 is 0 Å². The minimum Gasteiger partial charge on any atom is -0.299 e. The van der Waals surface area contributed by atoms with Crippen LogP contribution < -0.4 is 5.19 Å². The Morgan fingerprint density at radius 1 is 1.10 bits per heavy atom. The summed E-state index contributed by atoms with van der Waals surface area (Å²) in [6.07, 6.45) is 6.37. The molecule has 0 aliphatic carbocycles. The topological polar surface area (TPSA) is 3.24 Å². The largest absolute Gasteiger partial charge is 0.299 e. The molecule has 1 aliphatic heterocycles. The number of rotatable bonds is 4. The van der Waals surface area contributed by atoms with E-state index in [9.17, 15) is 0 Å². The highest BCUT2D eigenvalue weighted by Crippen LogP contribution is 2.22. The number of benzene rings is 1. The fourth-order valence-corrected chi connectivity index (χ4v) is 4.80. The minimum atomic E-state index is -1.15. The van der Waals surface area contributed by atoms with Gasteiger partial charge in [-0.3, -0.25) is 4.90 Å². The molecule has 1 aliphatic rings. The number of nitrogens with zero attached hydrogens (tertiary/aromatic N) is 1. The molecule has 1 atom stereocenters. The van der Waals surface area contributed by atoms with Gasteiger partial charge in [0.25, 0.3) is 0 Å². The van der Waals surface area contributed by atoms with Crippen molar-refractivity contribution >= 4 is 25.0 Å². The Balaban J connectivity index is 1.93. The molecule has 1 aromatic rings. The van der Waals surface area contributed by atoms with E-state index < -0.39 is 8.07 Å². The maximum absolute atomic E-state index is 2.64. The van der Waals surface area contributed by atoms with Crippen LogP contribution in [-0.2, 0) is 6.54 Å². The summed E-state index contributed by atoms with van der Waals surface area (Å²) in [5.41, 5.74) is 1.48. The smallest absolute Gasteiger partial charge is 0.0775 e. The summed E-state index contributed by atoms with van der Waals surface area (Å²) in [4.78, 5) is 2.64. The van der Waals surface area contributed by atoms with E-state index in [-0.39, 0.29) is 0 Å². The Kier molecular flexibility index (Phi) is 5.76. The first kappa shape index (κ1) is 16.1. The van der Waals surface area contributed by atoms with Crippen LogP contribution in [0, 0.1) is 0 Å². The molecular formula is C17H29NSSi. The zero-order valence-electron chi connectivity index (χ0n) is 13.5. The van der Waals surface area contributed by atoms with Crippen LogP contribution in [0.15, 0.2) is 24.3 Å². The maximum Gasteiger partial charge on any atom is 0.0775 e. The zero-order valence-corrected chi connectivity index (χ0v) is 15.3. The third-order valence-electron chi connectivity index (χ3n) is 4.33. The molecule has 3 heteroatoms. The fraction of sp³-hybridized carbons (Fsp3) is 0.647. The highest BCUT2D eigenvalue weighted by molar-refractivity contribution is 7.99. The number of hydrogen-bond acceptors (Lipinski definition) is 2. The van der Waals surface area contributed by atoms with Gasteiger partial charge in [0, 0.05) is 11.8 Å². The molecule has 0 spiro atoms. The van der Waals surface area contributed by atoms with Crippen molar-refractivity contribution in [1.82, 2.24) is 4.90 Å². The summed E-state index contributed by atoms with van der Waals surface area (Å²) in [5.74, 6) is 0. The van der Waals surface area contributed by atoms with Crippen molar-refractivity contribution in [2.75, 3.05) is 19.3 Å². The molecule has 1 fully saturated rings. The Hall–Kier alpha value is -0.253. The first-order valence-electron chi connectivity index (χ1n) is 7.83. The summed E-state index contributed by atoms with van der Waals surface area (Å²) >= 11 is 2.05. The Bertz CT molecular complexity index is 410. The Labute approximate surface area is 130 Å². The first-order valence-corrected chi connectivity index (χ1v) is 12.6. The van der Waals surface area contributed by atoms with E-state index in [4.69, 9.17) is 0 Å². The molecule has 112 valence electrons. The van der Waals surface area contributed by atoms with E-state index in [1.807, 2.05) is 0 Å². The fourth-order valence-electron chi connectivity index (χ4n) is 2.89. The van der Waals surface area contributed by atoms with Gasteiger partial charge in [-0.2, -0.15) is 11.8 Å². The molecule has 20 heavy (non-hydrogen) atoms. The van der Waals surface area contributed by atoms with Gasteiger partial charge in [-0.1, -0.05) is 49.1 Å². The van der Waals surface area contributed by atoms with Crippen LogP contribution in [0.2, 0.25) is 19.6 Å². The lowest BCUT2D eigenvalue weighted by atomic mass is 10.2. The monoisotopic (exact) mass is 307 g/mol. The van der Waals surface area contributed by atoms with Gasteiger partial charge in [0.2, 0.25) is 0 Å². The summed E-state index contributed by atoms with van der Waals surface area (Å²) in [5, 5.41) is 2.45. The molecule has 0 bridgehead atoms. The van der Waals surface area contributed by atoms with Gasteiger partial charge in [-0.15, -0.1) is 0 Å². The Morgan fingerprint density at radius 2 is 1.80 bits per heavy atom. The third kappa shape index (κ3) is 4.64. The van der Waals surface area contributed by atoms with Crippen molar-refractivity contribution in [3.63, 3.8) is 0 Å². The van der Waals surface area contributed by atoms with Gasteiger partial charge in [-0.05, 0) is 44.2 Å². The van der Waals surface area contributed by atoms with E-state index in [0.717, 1.165) is 11.8 Å². The van der Waals surface area contributed by atoms with Gasteiger partial charge in [0.1, 0.15) is 0 Å². The van der Waals surface area contributed by atoms with Gasteiger partial charge in [0.15, 0.2) is 0 Å². The summed E-state index contributed by atoms with van der Waals surface area (Å²) in [7, 11) is -1.15. The molecule has 2 rings (SSSR count). The Morgan fingerprint density at radius 3 is 2.40 bits per heavy atom. The third-order valence-corrected chi connectivity index (χ3v) is 7.53. The number of thioether (sulfide) groups is 1. The molecule has 1 heterocycles. The van der Waals surface area contributed by atoms with E-state index in [2.05, 4.69) is 66.8 Å². The molecule has 0 N–H and O–H groups in total. The quantitative estimate of drug-likeness (QED) is 0.775. The second-order valence-electron chi connectivity index (χ2n) is 7.01. The average Bonchev–Trinajstić information content (AvgIpc) is 2.63. The van der Waals surface area contributed by atoms with Crippen molar-refractivity contribution in [1.29, 1.82) is 0 Å². The first-order chi connectivity index (χ1) is 9.49. The molecule has 0 amide bonds. The van der Waals surface area contributed by atoms with Gasteiger partial charge < -0.3 is 0 Å². The van der Waals surface area contributed by atoms with Crippen molar-refractivity contribution in [2.24, 2.45) is 0 Å². The predicted molar refractivity (Wildman–Crippen MR) is 95.9 cm³/mol. The SMILES string of the molecule is CSC1CCCN(Cc2ccc([Si](C)(C)C)cc2)CC1. The summed E-state index contributed by atoms with van der Waals surface area (Å²) in [6, 6.07) is 9.43. The van der Waals surface area contributed by atoms with Gasteiger partial charge in [-0.25, -0.2) is 0 Å². The summed E-state index contributed by atoms with van der Waals surface area (Å²) < 4.78 is 0. The van der Waals surface area contributed by atoms with E-state index in [1.165, 1.54) is 37.9 Å². The molecule has 0 aromatic heterocycles. The van der Waals surface area contributed by atoms with E-state index in [1.54, 1.807) is 5.19 Å².